The van der Waals surface area contributed by atoms with E-state index in [2.05, 4.69) is 45.9 Å². The first kappa shape index (κ1) is 17.2. The van der Waals surface area contributed by atoms with Gasteiger partial charge in [-0.25, -0.2) is 4.79 Å². The van der Waals surface area contributed by atoms with Crippen molar-refractivity contribution in [2.75, 3.05) is 0 Å². The van der Waals surface area contributed by atoms with Gasteiger partial charge in [-0.15, -0.1) is 0 Å². The number of hydrogen-bond acceptors (Lipinski definition) is 2. The van der Waals surface area contributed by atoms with E-state index in [0.717, 1.165) is 27.8 Å². The van der Waals surface area contributed by atoms with Crippen LogP contribution in [0.3, 0.4) is 0 Å². The Hall–Kier alpha value is -2.61. The number of para-hydroxylation sites is 1. The van der Waals surface area contributed by atoms with E-state index in [1.807, 2.05) is 37.3 Å². The number of aryl methyl sites for hydroxylation is 3. The highest BCUT2D eigenvalue weighted by atomic mass is 16.5. The van der Waals surface area contributed by atoms with Gasteiger partial charge < -0.3 is 4.74 Å². The number of rotatable bonds is 3. The van der Waals surface area contributed by atoms with Crippen LogP contribution in [0.4, 0.5) is 0 Å². The maximum Gasteiger partial charge on any atom is 0.344 e. The molecule has 0 aromatic heterocycles. The summed E-state index contributed by atoms with van der Waals surface area (Å²) in [5.41, 5.74) is 7.17. The molecule has 2 aliphatic rings. The van der Waals surface area contributed by atoms with Gasteiger partial charge in [-0.2, -0.15) is 0 Å². The van der Waals surface area contributed by atoms with Crippen molar-refractivity contribution in [3.8, 4) is 16.9 Å². The van der Waals surface area contributed by atoms with E-state index in [9.17, 15) is 4.79 Å². The lowest BCUT2D eigenvalue weighted by Crippen LogP contribution is -2.09. The van der Waals surface area contributed by atoms with Crippen LogP contribution in [0.15, 0.2) is 48.5 Å². The molecule has 0 spiro atoms. The standard InChI is InChI=1S/C23H24O2/c1-14(2)18-11-10-16(4)22-19(13-18)17(5)12-20(22)23(24)25-21-9-7-6-8-15(21)3/h6-14H,1-5H3. The molecule has 0 saturated carbocycles. The zero-order valence-corrected chi connectivity index (χ0v) is 15.5. The van der Waals surface area contributed by atoms with Crippen LogP contribution in [0.25, 0.3) is 11.1 Å². The lowest BCUT2D eigenvalue weighted by molar-refractivity contribution is 0.0734. The predicted octanol–water partition coefficient (Wildman–Crippen LogP) is 6.06. The molecule has 128 valence electrons. The van der Waals surface area contributed by atoms with E-state index < -0.39 is 0 Å². The van der Waals surface area contributed by atoms with E-state index in [-0.39, 0.29) is 5.97 Å². The monoisotopic (exact) mass is 332 g/mol. The van der Waals surface area contributed by atoms with E-state index in [1.54, 1.807) is 0 Å². The number of hydrogen-bond donors (Lipinski definition) is 0. The predicted molar refractivity (Wildman–Crippen MR) is 103 cm³/mol. The van der Waals surface area contributed by atoms with Gasteiger partial charge in [0.2, 0.25) is 0 Å². The summed E-state index contributed by atoms with van der Waals surface area (Å²) in [4.78, 5) is 12.8. The Morgan fingerprint density at radius 3 is 2.28 bits per heavy atom. The lowest BCUT2D eigenvalue weighted by Gasteiger charge is -2.08. The Morgan fingerprint density at radius 1 is 0.880 bits per heavy atom. The molecule has 2 aliphatic carbocycles. The maximum atomic E-state index is 12.8. The van der Waals surface area contributed by atoms with E-state index in [1.165, 1.54) is 5.56 Å². The number of ether oxygens (including phenoxy) is 1. The van der Waals surface area contributed by atoms with Crippen molar-refractivity contribution in [2.24, 2.45) is 0 Å². The van der Waals surface area contributed by atoms with Gasteiger partial charge in [0, 0.05) is 0 Å². The summed E-state index contributed by atoms with van der Waals surface area (Å²) >= 11 is 0. The zero-order chi connectivity index (χ0) is 18.1. The van der Waals surface area contributed by atoms with Crippen molar-refractivity contribution < 1.29 is 9.53 Å². The molecule has 25 heavy (non-hydrogen) atoms. The molecular weight excluding hydrogens is 308 g/mol. The molecule has 0 aliphatic heterocycles. The molecular formula is C23H24O2. The minimum atomic E-state index is -0.298. The van der Waals surface area contributed by atoms with Crippen molar-refractivity contribution in [1.29, 1.82) is 0 Å². The highest BCUT2D eigenvalue weighted by molar-refractivity contribution is 6.02. The van der Waals surface area contributed by atoms with Crippen molar-refractivity contribution in [3.05, 3.63) is 76.3 Å². The van der Waals surface area contributed by atoms with Gasteiger partial charge in [-0.3, -0.25) is 0 Å². The minimum absolute atomic E-state index is 0.298. The summed E-state index contributed by atoms with van der Waals surface area (Å²) in [6, 6.07) is 16.0. The zero-order valence-electron chi connectivity index (χ0n) is 15.5. The molecule has 1 aromatic rings. The molecule has 1 aromatic carbocycles. The van der Waals surface area contributed by atoms with Crippen molar-refractivity contribution in [1.82, 2.24) is 0 Å². The molecule has 2 heteroatoms. The average Bonchev–Trinajstić information content (AvgIpc) is 2.78. The molecule has 0 fully saturated rings. The summed E-state index contributed by atoms with van der Waals surface area (Å²) in [5.74, 6) is 0.750. The smallest absolute Gasteiger partial charge is 0.344 e. The first-order valence-corrected chi connectivity index (χ1v) is 8.70. The number of fused-ring (bicyclic) bond motifs is 1. The molecule has 0 radical (unpaired) electrons. The van der Waals surface area contributed by atoms with Gasteiger partial charge in [-0.05, 0) is 72.2 Å². The maximum absolute atomic E-state index is 12.8. The van der Waals surface area contributed by atoms with Gasteiger partial charge in [-0.1, -0.05) is 50.2 Å². The van der Waals surface area contributed by atoms with Crippen LogP contribution in [0, 0.1) is 20.8 Å². The Morgan fingerprint density at radius 2 is 1.60 bits per heavy atom. The number of carbonyl (C=O) groups is 1. The molecule has 0 N–H and O–H groups in total. The minimum Gasteiger partial charge on any atom is -0.423 e. The van der Waals surface area contributed by atoms with Gasteiger partial charge in [0.05, 0.1) is 5.56 Å². The van der Waals surface area contributed by atoms with Crippen molar-refractivity contribution >= 4 is 5.97 Å². The largest absolute Gasteiger partial charge is 0.423 e. The molecule has 0 saturated heterocycles. The van der Waals surface area contributed by atoms with Gasteiger partial charge in [0.15, 0.2) is 0 Å². The second-order valence-electron chi connectivity index (χ2n) is 7.00. The van der Waals surface area contributed by atoms with Gasteiger partial charge in [0.25, 0.3) is 0 Å². The SMILES string of the molecule is Cc1ccccc1OC(=O)c1cc(C)c2cc(C(C)C)ccc(C)c1-2. The van der Waals surface area contributed by atoms with Crippen LogP contribution in [0.2, 0.25) is 0 Å². The summed E-state index contributed by atoms with van der Waals surface area (Å²) in [5, 5.41) is 0. The third-order valence-corrected chi connectivity index (χ3v) is 4.74. The van der Waals surface area contributed by atoms with E-state index >= 15 is 0 Å². The average molecular weight is 332 g/mol. The highest BCUT2D eigenvalue weighted by Crippen LogP contribution is 2.36. The summed E-state index contributed by atoms with van der Waals surface area (Å²) in [6.45, 7) is 10.4. The molecule has 3 rings (SSSR count). The number of esters is 1. The van der Waals surface area contributed by atoms with E-state index in [4.69, 9.17) is 4.74 Å². The first-order valence-electron chi connectivity index (χ1n) is 8.70. The van der Waals surface area contributed by atoms with Crippen molar-refractivity contribution in [2.45, 2.75) is 40.5 Å². The van der Waals surface area contributed by atoms with Crippen LogP contribution in [-0.4, -0.2) is 5.97 Å². The lowest BCUT2D eigenvalue weighted by atomic mass is 10.0. The fraction of sp³-hybridized carbons (Fsp3) is 0.261. The highest BCUT2D eigenvalue weighted by Gasteiger charge is 2.22. The van der Waals surface area contributed by atoms with Gasteiger partial charge in [0.1, 0.15) is 5.75 Å². The summed E-state index contributed by atoms with van der Waals surface area (Å²) in [7, 11) is 0. The van der Waals surface area contributed by atoms with Gasteiger partial charge >= 0.3 is 5.97 Å². The molecule has 0 unspecified atom stereocenters. The number of benzene rings is 1. The number of carbonyl (C=O) groups excluding carboxylic acids is 1. The van der Waals surface area contributed by atoms with Crippen LogP contribution in [0.5, 0.6) is 5.75 Å². The summed E-state index contributed by atoms with van der Waals surface area (Å²) < 4.78 is 5.68. The molecule has 2 nitrogen and oxygen atoms in total. The Kier molecular flexibility index (Phi) is 4.63. The molecule has 0 heterocycles. The quantitative estimate of drug-likeness (QED) is 0.430. The van der Waals surface area contributed by atoms with Crippen molar-refractivity contribution in [3.63, 3.8) is 0 Å². The fourth-order valence-electron chi connectivity index (χ4n) is 3.18. The molecule has 0 atom stereocenters. The molecule has 0 bridgehead atoms. The Bertz CT molecular complexity index is 906. The first-order chi connectivity index (χ1) is 11.9. The second kappa shape index (κ2) is 6.72. The Labute approximate surface area is 149 Å². The third kappa shape index (κ3) is 3.30. The van der Waals surface area contributed by atoms with Crippen LogP contribution < -0.4 is 4.74 Å². The van der Waals surface area contributed by atoms with E-state index in [0.29, 0.717) is 17.2 Å². The normalized spacial score (nSPS) is 11.1. The van der Waals surface area contributed by atoms with Crippen LogP contribution in [0.1, 0.15) is 52.4 Å². The fourth-order valence-corrected chi connectivity index (χ4v) is 3.18. The van der Waals surface area contributed by atoms with Crippen LogP contribution in [-0.2, 0) is 0 Å². The van der Waals surface area contributed by atoms with Crippen LogP contribution >= 0.6 is 0 Å². The molecule has 0 amide bonds. The summed E-state index contributed by atoms with van der Waals surface area (Å²) in [6.07, 6.45) is 0. The second-order valence-corrected chi connectivity index (χ2v) is 7.00. The topological polar surface area (TPSA) is 26.3 Å². The Balaban J connectivity index is 2.07. The third-order valence-electron chi connectivity index (χ3n) is 4.74.